The van der Waals surface area contributed by atoms with Gasteiger partial charge in [-0.1, -0.05) is 60.1 Å². The number of methoxy groups -OCH3 is 1. The van der Waals surface area contributed by atoms with Gasteiger partial charge in [0.2, 0.25) is 0 Å². The van der Waals surface area contributed by atoms with Gasteiger partial charge in [-0.15, -0.1) is 0 Å². The maximum Gasteiger partial charge on any atom is 0.258 e. The number of carbonyl (C=O) groups excluding carboxylic acids is 1. The summed E-state index contributed by atoms with van der Waals surface area (Å²) < 4.78 is 16.7. The highest BCUT2D eigenvalue weighted by Gasteiger charge is 2.09. The Bertz CT molecular complexity index is 947. The van der Waals surface area contributed by atoms with Gasteiger partial charge in [0.25, 0.3) is 5.91 Å². The molecule has 150 valence electrons. The van der Waals surface area contributed by atoms with Crippen molar-refractivity contribution in [3.8, 4) is 17.2 Å². The number of hydrogen-bond donors (Lipinski definition) is 1. The van der Waals surface area contributed by atoms with E-state index in [0.29, 0.717) is 35.4 Å². The topological polar surface area (TPSA) is 56.8 Å². The lowest BCUT2D eigenvalue weighted by Crippen LogP contribution is -2.28. The van der Waals surface area contributed by atoms with Crippen LogP contribution in [0.1, 0.15) is 11.1 Å². The van der Waals surface area contributed by atoms with Crippen molar-refractivity contribution in [2.45, 2.75) is 13.2 Å². The highest BCUT2D eigenvalue weighted by atomic mass is 35.5. The highest BCUT2D eigenvalue weighted by Crippen LogP contribution is 2.29. The minimum Gasteiger partial charge on any atom is -0.493 e. The largest absolute Gasteiger partial charge is 0.493 e. The molecule has 3 aromatic carbocycles. The van der Waals surface area contributed by atoms with E-state index in [1.807, 2.05) is 48.5 Å². The lowest BCUT2D eigenvalue weighted by molar-refractivity contribution is -0.123. The van der Waals surface area contributed by atoms with Gasteiger partial charge in [0.15, 0.2) is 18.1 Å². The van der Waals surface area contributed by atoms with Crippen LogP contribution in [0.2, 0.25) is 5.02 Å². The molecule has 5 nitrogen and oxygen atoms in total. The monoisotopic (exact) mass is 411 g/mol. The Morgan fingerprint density at radius 2 is 1.62 bits per heavy atom. The molecule has 0 aliphatic carbocycles. The third-order valence-electron chi connectivity index (χ3n) is 4.15. The second-order valence-electron chi connectivity index (χ2n) is 6.26. The zero-order chi connectivity index (χ0) is 20.5. The van der Waals surface area contributed by atoms with Crippen LogP contribution in [0.3, 0.4) is 0 Å². The molecule has 0 heterocycles. The number of amides is 1. The molecule has 0 saturated heterocycles. The summed E-state index contributed by atoms with van der Waals surface area (Å²) in [6, 6.07) is 22.5. The summed E-state index contributed by atoms with van der Waals surface area (Å²) in [5.74, 6) is 1.49. The summed E-state index contributed by atoms with van der Waals surface area (Å²) in [5, 5.41) is 3.28. The molecule has 1 amide bonds. The quantitative estimate of drug-likeness (QED) is 0.558. The molecule has 0 saturated carbocycles. The Morgan fingerprint density at radius 3 is 2.38 bits per heavy atom. The molecule has 0 fully saturated rings. The highest BCUT2D eigenvalue weighted by molar-refractivity contribution is 6.32. The van der Waals surface area contributed by atoms with Gasteiger partial charge in [-0.05, 0) is 35.4 Å². The number of halogens is 1. The van der Waals surface area contributed by atoms with Crippen molar-refractivity contribution in [3.63, 3.8) is 0 Å². The average Bonchev–Trinajstić information content (AvgIpc) is 2.76. The van der Waals surface area contributed by atoms with Crippen molar-refractivity contribution in [1.82, 2.24) is 5.32 Å². The van der Waals surface area contributed by atoms with Crippen LogP contribution >= 0.6 is 11.6 Å². The predicted octanol–water partition coefficient (Wildman–Crippen LogP) is 4.62. The molecule has 3 rings (SSSR count). The Hall–Kier alpha value is -3.18. The maximum absolute atomic E-state index is 12.0. The molecular weight excluding hydrogens is 390 g/mol. The van der Waals surface area contributed by atoms with E-state index in [9.17, 15) is 4.79 Å². The zero-order valence-corrected chi connectivity index (χ0v) is 16.8. The standard InChI is InChI=1S/C23H22ClNO4/c1-27-22-13-18(11-12-21(22)28-15-17-7-3-2-4-8-17)14-25-23(26)16-29-20-10-6-5-9-19(20)24/h2-13H,14-16H2,1H3,(H,25,26). The van der Waals surface area contributed by atoms with Gasteiger partial charge in [0, 0.05) is 6.54 Å². The van der Waals surface area contributed by atoms with Gasteiger partial charge in [0.1, 0.15) is 12.4 Å². The molecule has 0 bridgehead atoms. The molecule has 0 atom stereocenters. The van der Waals surface area contributed by atoms with Gasteiger partial charge in [-0.2, -0.15) is 0 Å². The van der Waals surface area contributed by atoms with Crippen molar-refractivity contribution < 1.29 is 19.0 Å². The normalized spacial score (nSPS) is 10.3. The molecule has 29 heavy (non-hydrogen) atoms. The first-order valence-corrected chi connectivity index (χ1v) is 9.51. The van der Waals surface area contributed by atoms with Gasteiger partial charge in [-0.25, -0.2) is 0 Å². The lowest BCUT2D eigenvalue weighted by Gasteiger charge is -2.13. The van der Waals surface area contributed by atoms with Crippen LogP contribution in [-0.4, -0.2) is 19.6 Å². The van der Waals surface area contributed by atoms with E-state index in [1.54, 1.807) is 31.4 Å². The molecular formula is C23H22ClNO4. The molecule has 3 aromatic rings. The van der Waals surface area contributed by atoms with E-state index in [2.05, 4.69) is 5.32 Å². The van der Waals surface area contributed by atoms with E-state index in [1.165, 1.54) is 0 Å². The first kappa shape index (κ1) is 20.6. The van der Waals surface area contributed by atoms with Crippen LogP contribution in [0.5, 0.6) is 17.2 Å². The Balaban J connectivity index is 1.51. The predicted molar refractivity (Wildman–Crippen MR) is 113 cm³/mol. The Kier molecular flexibility index (Phi) is 7.36. The zero-order valence-electron chi connectivity index (χ0n) is 16.1. The number of ether oxygens (including phenoxy) is 3. The molecule has 0 spiro atoms. The Labute approximate surface area is 175 Å². The number of hydrogen-bond acceptors (Lipinski definition) is 4. The third kappa shape index (κ3) is 6.16. The number of rotatable bonds is 9. The fourth-order valence-corrected chi connectivity index (χ4v) is 2.82. The van der Waals surface area contributed by atoms with Crippen molar-refractivity contribution >= 4 is 17.5 Å². The summed E-state index contributed by atoms with van der Waals surface area (Å²) in [6.45, 7) is 0.686. The van der Waals surface area contributed by atoms with Gasteiger partial charge in [0.05, 0.1) is 12.1 Å². The van der Waals surface area contributed by atoms with Crippen molar-refractivity contribution in [1.29, 1.82) is 0 Å². The van der Waals surface area contributed by atoms with Crippen molar-refractivity contribution in [2.75, 3.05) is 13.7 Å². The van der Waals surface area contributed by atoms with Crippen LogP contribution in [0.25, 0.3) is 0 Å². The smallest absolute Gasteiger partial charge is 0.258 e. The van der Waals surface area contributed by atoms with E-state index in [4.69, 9.17) is 25.8 Å². The fourth-order valence-electron chi connectivity index (χ4n) is 2.63. The second-order valence-corrected chi connectivity index (χ2v) is 6.66. The SMILES string of the molecule is COc1cc(CNC(=O)COc2ccccc2Cl)ccc1OCc1ccccc1. The summed E-state index contributed by atoms with van der Waals surface area (Å²) in [4.78, 5) is 12.0. The molecule has 6 heteroatoms. The molecule has 0 radical (unpaired) electrons. The summed E-state index contributed by atoms with van der Waals surface area (Å²) in [5.41, 5.74) is 1.96. The van der Waals surface area contributed by atoms with Crippen LogP contribution in [0, 0.1) is 0 Å². The average molecular weight is 412 g/mol. The summed E-state index contributed by atoms with van der Waals surface area (Å²) >= 11 is 6.01. The van der Waals surface area contributed by atoms with E-state index in [0.717, 1.165) is 11.1 Å². The van der Waals surface area contributed by atoms with Crippen LogP contribution in [0.4, 0.5) is 0 Å². The number of nitrogens with one attached hydrogen (secondary N) is 1. The van der Waals surface area contributed by atoms with Gasteiger partial charge >= 0.3 is 0 Å². The Morgan fingerprint density at radius 1 is 0.862 bits per heavy atom. The fraction of sp³-hybridized carbons (Fsp3) is 0.174. The third-order valence-corrected chi connectivity index (χ3v) is 4.46. The first-order valence-electron chi connectivity index (χ1n) is 9.13. The lowest BCUT2D eigenvalue weighted by atomic mass is 10.2. The minimum atomic E-state index is -0.242. The molecule has 0 aromatic heterocycles. The summed E-state index contributed by atoms with van der Waals surface area (Å²) in [7, 11) is 1.59. The molecule has 0 unspecified atom stereocenters. The van der Waals surface area contributed by atoms with Crippen molar-refractivity contribution in [3.05, 3.63) is 88.9 Å². The minimum absolute atomic E-state index is 0.112. The van der Waals surface area contributed by atoms with Crippen LogP contribution in [-0.2, 0) is 17.9 Å². The number of carbonyl (C=O) groups is 1. The second kappa shape index (κ2) is 10.4. The van der Waals surface area contributed by atoms with Crippen LogP contribution in [0.15, 0.2) is 72.8 Å². The number of para-hydroxylation sites is 1. The van der Waals surface area contributed by atoms with E-state index < -0.39 is 0 Å². The summed E-state index contributed by atoms with van der Waals surface area (Å²) in [6.07, 6.45) is 0. The molecule has 0 aliphatic heterocycles. The molecule has 0 aliphatic rings. The first-order chi connectivity index (χ1) is 14.2. The van der Waals surface area contributed by atoms with Gasteiger partial charge in [-0.3, -0.25) is 4.79 Å². The van der Waals surface area contributed by atoms with E-state index >= 15 is 0 Å². The van der Waals surface area contributed by atoms with E-state index in [-0.39, 0.29) is 12.5 Å². The van der Waals surface area contributed by atoms with Gasteiger partial charge < -0.3 is 19.5 Å². The van der Waals surface area contributed by atoms with Crippen molar-refractivity contribution in [2.24, 2.45) is 0 Å². The maximum atomic E-state index is 12.0. The number of benzene rings is 3. The molecule has 1 N–H and O–H groups in total. The van der Waals surface area contributed by atoms with Crippen LogP contribution < -0.4 is 19.5 Å².